The molecule has 3 rings (SSSR count). The number of thiazole rings is 1. The maximum Gasteiger partial charge on any atom is 0.129 e. The van der Waals surface area contributed by atoms with Crippen molar-refractivity contribution in [3.8, 4) is 16.3 Å². The third-order valence-corrected chi connectivity index (χ3v) is 5.67. The number of hydrogen-bond acceptors (Lipinski definition) is 4. The van der Waals surface area contributed by atoms with Crippen molar-refractivity contribution < 1.29 is 4.74 Å². The highest BCUT2D eigenvalue weighted by atomic mass is 79.9. The van der Waals surface area contributed by atoms with Gasteiger partial charge in [0.25, 0.3) is 0 Å². The average molecular weight is 438 g/mol. The van der Waals surface area contributed by atoms with Gasteiger partial charge < -0.3 is 10.1 Å². The molecule has 0 aliphatic rings. The van der Waals surface area contributed by atoms with Gasteiger partial charge in [0.2, 0.25) is 0 Å². The number of aromatic nitrogens is 1. The molecule has 0 saturated heterocycles. The Morgan fingerprint density at radius 3 is 2.84 bits per heavy atom. The van der Waals surface area contributed by atoms with Gasteiger partial charge in [-0.1, -0.05) is 45.7 Å². The van der Waals surface area contributed by atoms with Crippen LogP contribution in [0.4, 0.5) is 0 Å². The lowest BCUT2D eigenvalue weighted by atomic mass is 10.1. The van der Waals surface area contributed by atoms with Gasteiger partial charge in [-0.2, -0.15) is 0 Å². The van der Waals surface area contributed by atoms with Crippen LogP contribution >= 0.6 is 38.9 Å². The summed E-state index contributed by atoms with van der Waals surface area (Å²) in [5, 5.41) is 7.27. The molecule has 3 aromatic rings. The standard InChI is InChI=1S/C19H18BrClN2OS/c1-12(15-5-3-4-6-17(15)21)22-10-14-11-25-19(23-14)16-9-13(20)7-8-18(16)24-2/h3-9,11-12,22H,10H2,1-2H3. The van der Waals surface area contributed by atoms with Crippen LogP contribution in [-0.4, -0.2) is 12.1 Å². The molecule has 25 heavy (non-hydrogen) atoms. The second-order valence-electron chi connectivity index (χ2n) is 5.61. The number of ether oxygens (including phenoxy) is 1. The Hall–Kier alpha value is -1.40. The minimum absolute atomic E-state index is 0.152. The minimum atomic E-state index is 0.152. The van der Waals surface area contributed by atoms with E-state index in [9.17, 15) is 0 Å². The van der Waals surface area contributed by atoms with Gasteiger partial charge >= 0.3 is 0 Å². The Labute approximate surface area is 165 Å². The topological polar surface area (TPSA) is 34.1 Å². The lowest BCUT2D eigenvalue weighted by Crippen LogP contribution is -2.18. The predicted octanol–water partition coefficient (Wildman–Crippen LogP) is 6.09. The Morgan fingerprint density at radius 1 is 1.28 bits per heavy atom. The van der Waals surface area contributed by atoms with Crippen LogP contribution in [0.2, 0.25) is 5.02 Å². The number of nitrogens with one attached hydrogen (secondary N) is 1. The van der Waals surface area contributed by atoms with Gasteiger partial charge in [-0.3, -0.25) is 0 Å². The minimum Gasteiger partial charge on any atom is -0.496 e. The zero-order chi connectivity index (χ0) is 17.8. The van der Waals surface area contributed by atoms with E-state index in [4.69, 9.17) is 21.3 Å². The highest BCUT2D eigenvalue weighted by Crippen LogP contribution is 2.34. The fourth-order valence-electron chi connectivity index (χ4n) is 2.55. The molecule has 1 atom stereocenters. The van der Waals surface area contributed by atoms with Gasteiger partial charge in [-0.25, -0.2) is 4.98 Å². The van der Waals surface area contributed by atoms with Gasteiger partial charge in [0, 0.05) is 27.5 Å². The molecule has 2 aromatic carbocycles. The molecular formula is C19H18BrClN2OS. The Balaban J connectivity index is 1.72. The Bertz CT molecular complexity index is 868. The van der Waals surface area contributed by atoms with Crippen molar-refractivity contribution in [3.63, 3.8) is 0 Å². The maximum absolute atomic E-state index is 6.26. The zero-order valence-electron chi connectivity index (χ0n) is 13.9. The first-order valence-corrected chi connectivity index (χ1v) is 9.89. The number of benzene rings is 2. The molecule has 0 aliphatic heterocycles. The van der Waals surface area contributed by atoms with Crippen LogP contribution in [0.15, 0.2) is 52.3 Å². The number of hydrogen-bond donors (Lipinski definition) is 1. The van der Waals surface area contributed by atoms with Crippen LogP contribution in [0.1, 0.15) is 24.2 Å². The fourth-order valence-corrected chi connectivity index (χ4v) is 4.05. The largest absolute Gasteiger partial charge is 0.496 e. The highest BCUT2D eigenvalue weighted by molar-refractivity contribution is 9.10. The van der Waals surface area contributed by atoms with Crippen LogP contribution in [0.5, 0.6) is 5.75 Å². The predicted molar refractivity (Wildman–Crippen MR) is 109 cm³/mol. The van der Waals surface area contributed by atoms with Crippen LogP contribution in [0.25, 0.3) is 10.6 Å². The second-order valence-corrected chi connectivity index (χ2v) is 7.79. The monoisotopic (exact) mass is 436 g/mol. The Morgan fingerprint density at radius 2 is 2.08 bits per heavy atom. The molecule has 0 fully saturated rings. The summed E-state index contributed by atoms with van der Waals surface area (Å²) in [5.74, 6) is 0.821. The van der Waals surface area contributed by atoms with Crippen molar-refractivity contribution in [2.45, 2.75) is 19.5 Å². The third kappa shape index (κ3) is 4.42. The molecule has 1 aromatic heterocycles. The summed E-state index contributed by atoms with van der Waals surface area (Å²) in [6.45, 7) is 2.78. The van der Waals surface area contributed by atoms with Gasteiger partial charge in [-0.05, 0) is 36.8 Å². The maximum atomic E-state index is 6.26. The number of halogens is 2. The molecule has 130 valence electrons. The first-order valence-electron chi connectivity index (χ1n) is 7.84. The van der Waals surface area contributed by atoms with Gasteiger partial charge in [0.05, 0.1) is 18.4 Å². The van der Waals surface area contributed by atoms with Gasteiger partial charge in [-0.15, -0.1) is 11.3 Å². The highest BCUT2D eigenvalue weighted by Gasteiger charge is 2.13. The van der Waals surface area contributed by atoms with E-state index in [-0.39, 0.29) is 6.04 Å². The van der Waals surface area contributed by atoms with E-state index in [2.05, 4.69) is 33.6 Å². The van der Waals surface area contributed by atoms with Crippen molar-refractivity contribution in [1.82, 2.24) is 10.3 Å². The van der Waals surface area contributed by atoms with Crippen molar-refractivity contribution in [1.29, 1.82) is 0 Å². The molecule has 1 unspecified atom stereocenters. The Kier molecular flexibility index (Phi) is 6.12. The molecule has 0 saturated carbocycles. The molecule has 0 amide bonds. The van der Waals surface area contributed by atoms with E-state index in [1.54, 1.807) is 18.4 Å². The summed E-state index contributed by atoms with van der Waals surface area (Å²) in [5.41, 5.74) is 3.08. The van der Waals surface area contributed by atoms with E-state index in [1.165, 1.54) is 0 Å². The van der Waals surface area contributed by atoms with Crippen LogP contribution < -0.4 is 10.1 Å². The first-order chi connectivity index (χ1) is 12.1. The number of rotatable bonds is 6. The summed E-state index contributed by atoms with van der Waals surface area (Å²) in [6, 6.07) is 14.0. The molecule has 1 heterocycles. The molecule has 3 nitrogen and oxygen atoms in total. The fraction of sp³-hybridized carbons (Fsp3) is 0.211. The van der Waals surface area contributed by atoms with Crippen LogP contribution in [-0.2, 0) is 6.54 Å². The summed E-state index contributed by atoms with van der Waals surface area (Å²) in [7, 11) is 1.67. The van der Waals surface area contributed by atoms with E-state index in [0.29, 0.717) is 6.54 Å². The van der Waals surface area contributed by atoms with Gasteiger partial charge in [0.15, 0.2) is 0 Å². The number of nitrogens with zero attached hydrogens (tertiary/aromatic N) is 1. The molecule has 0 aliphatic carbocycles. The number of methoxy groups -OCH3 is 1. The average Bonchev–Trinajstić information content (AvgIpc) is 3.09. The quantitative estimate of drug-likeness (QED) is 0.507. The van der Waals surface area contributed by atoms with Crippen molar-refractivity contribution >= 4 is 38.9 Å². The SMILES string of the molecule is COc1ccc(Br)cc1-c1nc(CNC(C)c2ccccc2Cl)cs1. The molecular weight excluding hydrogens is 420 g/mol. The summed E-state index contributed by atoms with van der Waals surface area (Å²) in [6.07, 6.45) is 0. The summed E-state index contributed by atoms with van der Waals surface area (Å²) >= 11 is 11.4. The molecule has 6 heteroatoms. The smallest absolute Gasteiger partial charge is 0.129 e. The lowest BCUT2D eigenvalue weighted by Gasteiger charge is -2.14. The second kappa shape index (κ2) is 8.32. The van der Waals surface area contributed by atoms with Crippen molar-refractivity contribution in [2.75, 3.05) is 7.11 Å². The lowest BCUT2D eigenvalue weighted by molar-refractivity contribution is 0.416. The van der Waals surface area contributed by atoms with E-state index >= 15 is 0 Å². The third-order valence-electron chi connectivity index (χ3n) is 3.90. The van der Waals surface area contributed by atoms with Crippen molar-refractivity contribution in [3.05, 3.63) is 68.6 Å². The molecule has 0 spiro atoms. The van der Waals surface area contributed by atoms with Crippen LogP contribution in [0, 0.1) is 0 Å². The zero-order valence-corrected chi connectivity index (χ0v) is 17.1. The van der Waals surface area contributed by atoms with Gasteiger partial charge in [0.1, 0.15) is 10.8 Å². The molecule has 0 bridgehead atoms. The van der Waals surface area contributed by atoms with Crippen molar-refractivity contribution in [2.24, 2.45) is 0 Å². The van der Waals surface area contributed by atoms with Crippen LogP contribution in [0.3, 0.4) is 0 Å². The van der Waals surface area contributed by atoms with E-state index in [1.807, 2.05) is 42.5 Å². The first kappa shape index (κ1) is 18.4. The molecule has 1 N–H and O–H groups in total. The van der Waals surface area contributed by atoms with E-state index in [0.717, 1.165) is 37.1 Å². The molecule has 0 radical (unpaired) electrons. The normalized spacial score (nSPS) is 12.2. The van der Waals surface area contributed by atoms with E-state index < -0.39 is 0 Å². The summed E-state index contributed by atoms with van der Waals surface area (Å²) in [4.78, 5) is 4.74. The summed E-state index contributed by atoms with van der Waals surface area (Å²) < 4.78 is 6.45.